The van der Waals surface area contributed by atoms with Crippen LogP contribution in [-0.2, 0) is 19.3 Å². The van der Waals surface area contributed by atoms with Crippen molar-refractivity contribution in [3.8, 4) is 0 Å². The lowest BCUT2D eigenvalue weighted by Crippen LogP contribution is -2.16. The number of ether oxygens (including phenoxy) is 2. The average molecular weight is 274 g/mol. The Morgan fingerprint density at radius 3 is 2.78 bits per heavy atom. The van der Waals surface area contributed by atoms with Crippen LogP contribution in [-0.4, -0.2) is 46.1 Å². The third-order valence-electron chi connectivity index (χ3n) is 2.23. The number of aromatic nitrogens is 1. The second kappa shape index (κ2) is 7.30. The molecule has 6 nitrogen and oxygen atoms in total. The normalized spacial score (nSPS) is 11.6. The molecule has 1 aromatic rings. The summed E-state index contributed by atoms with van der Waals surface area (Å²) in [7, 11) is -1.87. The van der Waals surface area contributed by atoms with Crippen LogP contribution in [0.15, 0.2) is 23.4 Å². The topological polar surface area (TPSA) is 91.5 Å². The predicted octanol–water partition coefficient (Wildman–Crippen LogP) is 0.491. The van der Waals surface area contributed by atoms with Crippen LogP contribution in [0.5, 0.6) is 0 Å². The molecule has 0 atom stereocenters. The fraction of sp³-hybridized carbons (Fsp3) is 0.545. The van der Waals surface area contributed by atoms with Gasteiger partial charge < -0.3 is 15.2 Å². The van der Waals surface area contributed by atoms with E-state index in [0.29, 0.717) is 13.2 Å². The summed E-state index contributed by atoms with van der Waals surface area (Å²) in [6.07, 6.45) is 2.14. The van der Waals surface area contributed by atoms with Gasteiger partial charge in [0.05, 0.1) is 18.0 Å². The zero-order valence-electron chi connectivity index (χ0n) is 10.3. The van der Waals surface area contributed by atoms with Crippen molar-refractivity contribution < 1.29 is 17.9 Å². The second-order valence-electron chi connectivity index (χ2n) is 3.68. The lowest BCUT2D eigenvalue weighted by atomic mass is 10.4. The van der Waals surface area contributed by atoms with Crippen molar-refractivity contribution in [3.63, 3.8) is 0 Å². The lowest BCUT2D eigenvalue weighted by molar-refractivity contribution is 0.112. The molecule has 0 saturated carbocycles. The van der Waals surface area contributed by atoms with Crippen LogP contribution >= 0.6 is 0 Å². The number of nitrogens with zero attached hydrogens (tertiary/aromatic N) is 1. The van der Waals surface area contributed by atoms with Crippen molar-refractivity contribution >= 4 is 15.5 Å². The molecule has 0 saturated heterocycles. The van der Waals surface area contributed by atoms with E-state index in [-0.39, 0.29) is 23.1 Å². The summed E-state index contributed by atoms with van der Waals surface area (Å²) in [6, 6.07) is 3.11. The van der Waals surface area contributed by atoms with Gasteiger partial charge in [0.25, 0.3) is 0 Å². The van der Waals surface area contributed by atoms with E-state index in [9.17, 15) is 8.42 Å². The van der Waals surface area contributed by atoms with E-state index in [4.69, 9.17) is 15.2 Å². The molecule has 0 radical (unpaired) electrons. The van der Waals surface area contributed by atoms with Crippen LogP contribution in [0.2, 0.25) is 0 Å². The number of methoxy groups -OCH3 is 1. The van der Waals surface area contributed by atoms with Gasteiger partial charge in [-0.25, -0.2) is 13.4 Å². The average Bonchev–Trinajstić information content (AvgIpc) is 2.34. The molecular formula is C11H18N2O4S. The Hall–Kier alpha value is -1.18. The van der Waals surface area contributed by atoms with Crippen LogP contribution in [0.25, 0.3) is 0 Å². The largest absolute Gasteiger partial charge is 0.396 e. The van der Waals surface area contributed by atoms with Crippen molar-refractivity contribution in [2.45, 2.75) is 11.4 Å². The van der Waals surface area contributed by atoms with E-state index >= 15 is 0 Å². The standard InChI is InChI=1S/C11H18N2O4S/c1-16-6-3-7-17-8-9-18(14,15)11-10(12)4-2-5-13-11/h2,4-5H,3,6-9,12H2,1H3. The van der Waals surface area contributed by atoms with Gasteiger partial charge in [0, 0.05) is 26.5 Å². The summed E-state index contributed by atoms with van der Waals surface area (Å²) in [5, 5.41) is -0.0782. The Morgan fingerprint density at radius 1 is 1.33 bits per heavy atom. The minimum Gasteiger partial charge on any atom is -0.396 e. The smallest absolute Gasteiger partial charge is 0.199 e. The molecule has 0 amide bonds. The maximum absolute atomic E-state index is 11.9. The van der Waals surface area contributed by atoms with E-state index in [2.05, 4.69) is 4.98 Å². The fourth-order valence-corrected chi connectivity index (χ4v) is 2.52. The van der Waals surface area contributed by atoms with Gasteiger partial charge >= 0.3 is 0 Å². The molecule has 0 aromatic carbocycles. The number of hydrogen-bond acceptors (Lipinski definition) is 6. The van der Waals surface area contributed by atoms with Crippen molar-refractivity contribution in [3.05, 3.63) is 18.3 Å². The first-order valence-corrected chi connectivity index (χ1v) is 7.23. The SMILES string of the molecule is COCCCOCCS(=O)(=O)c1ncccc1N. The van der Waals surface area contributed by atoms with Crippen LogP contribution in [0.4, 0.5) is 5.69 Å². The maximum Gasteiger partial charge on any atom is 0.199 e. The third-order valence-corrected chi connectivity index (χ3v) is 3.86. The van der Waals surface area contributed by atoms with E-state index in [1.807, 2.05) is 0 Å². The van der Waals surface area contributed by atoms with E-state index in [0.717, 1.165) is 6.42 Å². The fourth-order valence-electron chi connectivity index (χ4n) is 1.34. The summed E-state index contributed by atoms with van der Waals surface area (Å²) in [6.45, 7) is 1.20. The first-order chi connectivity index (χ1) is 8.58. The first kappa shape index (κ1) is 14.9. The molecule has 0 bridgehead atoms. The Kier molecular flexibility index (Phi) is 6.03. The van der Waals surface area contributed by atoms with Gasteiger partial charge in [-0.05, 0) is 18.6 Å². The van der Waals surface area contributed by atoms with E-state index in [1.165, 1.54) is 12.3 Å². The minimum absolute atomic E-state index is 0.0782. The lowest BCUT2D eigenvalue weighted by Gasteiger charge is -2.06. The van der Waals surface area contributed by atoms with Gasteiger partial charge in [-0.1, -0.05) is 0 Å². The summed E-state index contributed by atoms with van der Waals surface area (Å²) < 4.78 is 33.8. The van der Waals surface area contributed by atoms with Gasteiger partial charge in [0.2, 0.25) is 0 Å². The van der Waals surface area contributed by atoms with Gasteiger partial charge in [-0.2, -0.15) is 0 Å². The first-order valence-electron chi connectivity index (χ1n) is 5.58. The summed E-state index contributed by atoms with van der Waals surface area (Å²) in [5.74, 6) is -0.124. The minimum atomic E-state index is -3.48. The van der Waals surface area contributed by atoms with Crippen LogP contribution in [0.3, 0.4) is 0 Å². The molecule has 1 rings (SSSR count). The van der Waals surface area contributed by atoms with Gasteiger partial charge in [-0.15, -0.1) is 0 Å². The van der Waals surface area contributed by atoms with Crippen LogP contribution in [0.1, 0.15) is 6.42 Å². The molecule has 102 valence electrons. The van der Waals surface area contributed by atoms with Gasteiger partial charge in [0.15, 0.2) is 14.9 Å². The van der Waals surface area contributed by atoms with Gasteiger partial charge in [-0.3, -0.25) is 0 Å². The highest BCUT2D eigenvalue weighted by Crippen LogP contribution is 2.15. The monoisotopic (exact) mass is 274 g/mol. The third kappa shape index (κ3) is 4.59. The van der Waals surface area contributed by atoms with E-state index < -0.39 is 9.84 Å². The van der Waals surface area contributed by atoms with Crippen molar-refractivity contribution in [1.29, 1.82) is 0 Å². The maximum atomic E-state index is 11.9. The number of sulfone groups is 1. The summed E-state index contributed by atoms with van der Waals surface area (Å²) >= 11 is 0. The van der Waals surface area contributed by atoms with Crippen LogP contribution < -0.4 is 5.73 Å². The Bertz CT molecular complexity index is 462. The Labute approximate surface area is 107 Å². The summed E-state index contributed by atoms with van der Waals surface area (Å²) in [4.78, 5) is 3.79. The van der Waals surface area contributed by atoms with Crippen LogP contribution in [0, 0.1) is 0 Å². The van der Waals surface area contributed by atoms with Gasteiger partial charge in [0.1, 0.15) is 0 Å². The summed E-state index contributed by atoms with van der Waals surface area (Å²) in [5.41, 5.74) is 5.74. The number of anilines is 1. The molecule has 0 fully saturated rings. The molecule has 0 aliphatic rings. The molecule has 18 heavy (non-hydrogen) atoms. The second-order valence-corrected chi connectivity index (χ2v) is 5.70. The highest BCUT2D eigenvalue weighted by molar-refractivity contribution is 7.91. The predicted molar refractivity (Wildman–Crippen MR) is 68.0 cm³/mol. The van der Waals surface area contributed by atoms with Crippen molar-refractivity contribution in [1.82, 2.24) is 4.98 Å². The molecule has 0 aliphatic carbocycles. The van der Waals surface area contributed by atoms with Crippen molar-refractivity contribution in [2.24, 2.45) is 0 Å². The molecular weight excluding hydrogens is 256 g/mol. The molecule has 1 heterocycles. The molecule has 1 aromatic heterocycles. The van der Waals surface area contributed by atoms with Crippen molar-refractivity contribution in [2.75, 3.05) is 38.4 Å². The highest BCUT2D eigenvalue weighted by atomic mass is 32.2. The number of hydrogen-bond donors (Lipinski definition) is 1. The zero-order chi connectivity index (χ0) is 13.4. The Balaban J connectivity index is 2.44. The number of nitrogen functional groups attached to an aromatic ring is 1. The number of nitrogens with two attached hydrogens (primary N) is 1. The molecule has 7 heteroatoms. The molecule has 0 unspecified atom stereocenters. The Morgan fingerprint density at radius 2 is 2.11 bits per heavy atom. The number of rotatable bonds is 8. The molecule has 0 spiro atoms. The zero-order valence-corrected chi connectivity index (χ0v) is 11.1. The highest BCUT2D eigenvalue weighted by Gasteiger charge is 2.18. The van der Waals surface area contributed by atoms with E-state index in [1.54, 1.807) is 13.2 Å². The quantitative estimate of drug-likeness (QED) is 0.694. The molecule has 0 aliphatic heterocycles. The molecule has 2 N–H and O–H groups in total. The number of pyridine rings is 1.